The summed E-state index contributed by atoms with van der Waals surface area (Å²) in [7, 11) is 6.79. The molecule has 0 bridgehead atoms. The number of benzene rings is 1. The van der Waals surface area contributed by atoms with Gasteiger partial charge in [0.2, 0.25) is 23.6 Å². The fraction of sp³-hybridized carbons (Fsp3) is 0.776. The third-order valence-corrected chi connectivity index (χ3v) is 13.6. The van der Waals surface area contributed by atoms with Crippen molar-refractivity contribution in [2.45, 2.75) is 162 Å². The Labute approximate surface area is 389 Å². The number of nitrogens with two attached hydrogens (primary N) is 1. The van der Waals surface area contributed by atoms with Crippen LogP contribution >= 0.6 is 0 Å². The number of hydroxylamine groups is 2. The normalized spacial score (nSPS) is 19.3. The van der Waals surface area contributed by atoms with Gasteiger partial charge in [-0.25, -0.2) is 5.06 Å². The first-order valence-electron chi connectivity index (χ1n) is 24.3. The standard InChI is InChI=1S/C49H85N7O9/c1-12-34(6)44(54(9)49(62)42(32(2)3)52-47(60)43(33(4)5)53(8)26-16-14-13-15-25-50)40(63-10)31-41(58)55-27-19-20-39(55)45(64-11)35(7)46(59)51-38(30-36-21-23-37(57)24-22-36)48(61)56-28-17-18-29-65-56/h21-24,32-35,38-40,42-45,57H,12-20,25-31,50H2,1-11H3,(H,51,59)(H,52,60). The van der Waals surface area contributed by atoms with E-state index in [-0.39, 0.29) is 60.0 Å². The molecular formula is C49H85N7O9. The Hall–Kier alpha value is -3.83. The molecule has 370 valence electrons. The molecule has 0 aromatic heterocycles. The molecule has 65 heavy (non-hydrogen) atoms. The van der Waals surface area contributed by atoms with Gasteiger partial charge in [0, 0.05) is 40.8 Å². The van der Waals surface area contributed by atoms with Crippen LogP contribution in [0.5, 0.6) is 5.75 Å². The molecule has 3 rings (SSSR count). The number of amides is 5. The van der Waals surface area contributed by atoms with Crippen molar-refractivity contribution in [2.75, 3.05) is 61.1 Å². The highest BCUT2D eigenvalue weighted by Gasteiger charge is 2.44. The average Bonchev–Trinajstić information content (AvgIpc) is 3.77. The SMILES string of the molecule is CCC(C)C(C(CC(=O)N1CCCC1C(OC)C(C)C(=O)NC(Cc1ccc(O)cc1)C(=O)N1CCCCO1)OC)N(C)C(=O)C(NC(=O)C(C(C)C)N(C)CCCCCCN)C(C)C. The molecule has 0 saturated carbocycles. The quantitative estimate of drug-likeness (QED) is 0.0908. The summed E-state index contributed by atoms with van der Waals surface area (Å²) < 4.78 is 12.1. The molecular weight excluding hydrogens is 831 g/mol. The van der Waals surface area contributed by atoms with E-state index in [1.54, 1.807) is 55.1 Å². The number of nitrogens with zero attached hydrogens (tertiary/aromatic N) is 4. The topological polar surface area (TPSA) is 196 Å². The smallest absolute Gasteiger partial charge is 0.269 e. The molecule has 2 aliphatic heterocycles. The van der Waals surface area contributed by atoms with Crippen LogP contribution in [-0.2, 0) is 44.7 Å². The minimum absolute atomic E-state index is 0.0140. The molecule has 16 heteroatoms. The van der Waals surface area contributed by atoms with Gasteiger partial charge in [0.05, 0.1) is 49.3 Å². The Morgan fingerprint density at radius 2 is 1.55 bits per heavy atom. The number of likely N-dealkylation sites (tertiary alicyclic amines) is 1. The first-order chi connectivity index (χ1) is 30.9. The lowest BCUT2D eigenvalue weighted by atomic mass is 9.89. The van der Waals surface area contributed by atoms with Gasteiger partial charge in [-0.3, -0.25) is 33.7 Å². The number of aromatic hydroxyl groups is 1. The summed E-state index contributed by atoms with van der Waals surface area (Å²) in [6.45, 7) is 16.5. The summed E-state index contributed by atoms with van der Waals surface area (Å²) in [4.78, 5) is 82.1. The van der Waals surface area contributed by atoms with E-state index in [9.17, 15) is 29.1 Å². The number of rotatable bonds is 27. The van der Waals surface area contributed by atoms with Gasteiger partial charge in [-0.2, -0.15) is 0 Å². The van der Waals surface area contributed by atoms with Gasteiger partial charge in [-0.1, -0.05) is 79.9 Å². The molecule has 0 aliphatic carbocycles. The lowest BCUT2D eigenvalue weighted by Crippen LogP contribution is -2.60. The van der Waals surface area contributed by atoms with Crippen LogP contribution in [0, 0.1) is 23.7 Å². The second kappa shape index (κ2) is 27.7. The van der Waals surface area contributed by atoms with E-state index in [1.165, 1.54) is 12.2 Å². The summed E-state index contributed by atoms with van der Waals surface area (Å²) >= 11 is 0. The van der Waals surface area contributed by atoms with Crippen LogP contribution in [0.3, 0.4) is 0 Å². The Balaban J connectivity index is 1.78. The Morgan fingerprint density at radius 1 is 0.877 bits per heavy atom. The number of phenols is 1. The highest BCUT2D eigenvalue weighted by atomic mass is 16.7. The summed E-state index contributed by atoms with van der Waals surface area (Å²) in [5.41, 5.74) is 6.42. The van der Waals surface area contributed by atoms with Crippen LogP contribution in [0.2, 0.25) is 0 Å². The largest absolute Gasteiger partial charge is 0.508 e. The molecule has 1 aromatic carbocycles. The van der Waals surface area contributed by atoms with Crippen LogP contribution in [0.15, 0.2) is 24.3 Å². The third kappa shape index (κ3) is 15.9. The lowest BCUT2D eigenvalue weighted by molar-refractivity contribution is -0.199. The number of carbonyl (C=O) groups excluding carboxylic acids is 5. The first kappa shape index (κ1) is 55.5. The van der Waals surface area contributed by atoms with Crippen LogP contribution in [-0.4, -0.2) is 158 Å². The summed E-state index contributed by atoms with van der Waals surface area (Å²) in [5, 5.41) is 17.3. The lowest BCUT2D eigenvalue weighted by Gasteiger charge is -2.41. The van der Waals surface area contributed by atoms with Crippen LogP contribution in [0.25, 0.3) is 0 Å². The minimum Gasteiger partial charge on any atom is -0.508 e. The van der Waals surface area contributed by atoms with Gasteiger partial charge in [-0.05, 0) is 94.1 Å². The fourth-order valence-corrected chi connectivity index (χ4v) is 9.60. The van der Waals surface area contributed by atoms with Gasteiger partial charge in [-0.15, -0.1) is 0 Å². The molecule has 2 aliphatic rings. The maximum absolute atomic E-state index is 14.6. The Bertz CT molecular complexity index is 1620. The minimum atomic E-state index is -0.936. The van der Waals surface area contributed by atoms with Crippen molar-refractivity contribution in [1.82, 2.24) is 30.4 Å². The van der Waals surface area contributed by atoms with Gasteiger partial charge in [0.15, 0.2) is 0 Å². The molecule has 5 amide bonds. The zero-order valence-electron chi connectivity index (χ0n) is 41.6. The summed E-state index contributed by atoms with van der Waals surface area (Å²) in [6, 6.07) is 3.44. The number of nitrogens with one attached hydrogen (secondary N) is 2. The molecule has 2 heterocycles. The number of methoxy groups -OCH3 is 2. The number of likely N-dealkylation sites (N-methyl/N-ethyl adjacent to an activating group) is 2. The molecule has 9 unspecified atom stereocenters. The van der Waals surface area contributed by atoms with Gasteiger partial charge in [0.1, 0.15) is 17.8 Å². The molecule has 2 fully saturated rings. The molecule has 1 aromatic rings. The van der Waals surface area contributed by atoms with Gasteiger partial charge < -0.3 is 40.7 Å². The van der Waals surface area contributed by atoms with Crippen molar-refractivity contribution in [1.29, 1.82) is 0 Å². The Morgan fingerprint density at radius 3 is 2.12 bits per heavy atom. The van der Waals surface area contributed by atoms with Crippen molar-refractivity contribution in [3.05, 3.63) is 29.8 Å². The van der Waals surface area contributed by atoms with Crippen molar-refractivity contribution in [2.24, 2.45) is 29.4 Å². The van der Waals surface area contributed by atoms with Crippen molar-refractivity contribution in [3.63, 3.8) is 0 Å². The van der Waals surface area contributed by atoms with Crippen LogP contribution < -0.4 is 16.4 Å². The molecule has 5 N–H and O–H groups in total. The number of phenolic OH excluding ortho intramolecular Hbond substituents is 1. The van der Waals surface area contributed by atoms with E-state index in [4.69, 9.17) is 20.0 Å². The molecule has 0 spiro atoms. The molecule has 16 nitrogen and oxygen atoms in total. The van der Waals surface area contributed by atoms with E-state index in [2.05, 4.69) is 15.5 Å². The van der Waals surface area contributed by atoms with E-state index in [1.807, 2.05) is 48.6 Å². The van der Waals surface area contributed by atoms with E-state index < -0.39 is 54.2 Å². The number of ether oxygens (including phenoxy) is 2. The maximum Gasteiger partial charge on any atom is 0.269 e. The summed E-state index contributed by atoms with van der Waals surface area (Å²) in [5.74, 6) is -2.26. The van der Waals surface area contributed by atoms with Gasteiger partial charge >= 0.3 is 0 Å². The van der Waals surface area contributed by atoms with Crippen molar-refractivity contribution in [3.8, 4) is 5.75 Å². The number of hydrogen-bond acceptors (Lipinski definition) is 11. The van der Waals surface area contributed by atoms with E-state index in [0.29, 0.717) is 45.5 Å². The predicted octanol–water partition coefficient (Wildman–Crippen LogP) is 4.51. The molecule has 0 radical (unpaired) electrons. The second-order valence-electron chi connectivity index (χ2n) is 19.1. The van der Waals surface area contributed by atoms with Crippen molar-refractivity contribution >= 4 is 29.5 Å². The average molecular weight is 916 g/mol. The zero-order chi connectivity index (χ0) is 48.4. The third-order valence-electron chi connectivity index (χ3n) is 13.6. The molecule has 2 saturated heterocycles. The number of unbranched alkanes of at least 4 members (excludes halogenated alkanes) is 3. The zero-order valence-corrected chi connectivity index (χ0v) is 41.6. The van der Waals surface area contributed by atoms with Crippen LogP contribution in [0.4, 0.5) is 0 Å². The Kier molecular flexibility index (Phi) is 23.7. The highest BCUT2D eigenvalue weighted by Crippen LogP contribution is 2.30. The fourth-order valence-electron chi connectivity index (χ4n) is 9.60. The maximum atomic E-state index is 14.6. The number of carbonyl (C=O) groups is 5. The molecule has 9 atom stereocenters. The monoisotopic (exact) mass is 916 g/mol. The van der Waals surface area contributed by atoms with Crippen molar-refractivity contribution < 1.29 is 43.4 Å². The number of hydrogen-bond donors (Lipinski definition) is 4. The van der Waals surface area contributed by atoms with E-state index >= 15 is 0 Å². The van der Waals surface area contributed by atoms with Gasteiger partial charge in [0.25, 0.3) is 5.91 Å². The highest BCUT2D eigenvalue weighted by molar-refractivity contribution is 5.90. The van der Waals surface area contributed by atoms with E-state index in [0.717, 1.165) is 50.6 Å². The first-order valence-corrected chi connectivity index (χ1v) is 24.3. The van der Waals surface area contributed by atoms with Crippen LogP contribution in [0.1, 0.15) is 118 Å². The summed E-state index contributed by atoms with van der Waals surface area (Å²) in [6.07, 6.45) is 6.51. The second-order valence-corrected chi connectivity index (χ2v) is 19.1. The predicted molar refractivity (Wildman–Crippen MR) is 252 cm³/mol.